The van der Waals surface area contributed by atoms with Crippen LogP contribution in [0, 0.1) is 18.3 Å². The number of nitriles is 1. The molecule has 0 bridgehead atoms. The molecule has 462 valence electrons. The van der Waals surface area contributed by atoms with Crippen molar-refractivity contribution in [1.82, 2.24) is 9.38 Å². The number of nitrogens with two attached hydrogens (primary N) is 2. The van der Waals surface area contributed by atoms with Crippen LogP contribution in [0.2, 0.25) is 0 Å². The summed E-state index contributed by atoms with van der Waals surface area (Å²) in [6.07, 6.45) is 2.42. The predicted molar refractivity (Wildman–Crippen MR) is 341 cm³/mol. The minimum Gasteiger partial charge on any atom is -0.505 e. The van der Waals surface area contributed by atoms with E-state index in [9.17, 15) is 67.4 Å². The maximum atomic E-state index is 13.3. The van der Waals surface area contributed by atoms with Gasteiger partial charge in [-0.2, -0.15) is 49.2 Å². The van der Waals surface area contributed by atoms with Crippen molar-refractivity contribution in [2.45, 2.75) is 51.7 Å². The molecule has 7 aromatic carbocycles. The van der Waals surface area contributed by atoms with Crippen molar-refractivity contribution in [2.75, 3.05) is 29.7 Å². The first-order chi connectivity index (χ1) is 42.0. The Balaban J connectivity index is 0.000000769. The van der Waals surface area contributed by atoms with E-state index in [-0.39, 0.29) is 80.5 Å². The molecule has 0 atom stereocenters. The molecule has 0 aliphatic carbocycles. The molecule has 2 aromatic heterocycles. The molecule has 9 rings (SSSR count). The van der Waals surface area contributed by atoms with Crippen molar-refractivity contribution >= 4 is 144 Å². The molecule has 10 N–H and O–H groups in total. The second-order valence-electron chi connectivity index (χ2n) is 18.3. The molecule has 0 saturated heterocycles. The number of phenolic OH excluding ortho intramolecular Hbond substituents is 1. The van der Waals surface area contributed by atoms with Crippen LogP contribution in [0.15, 0.2) is 184 Å². The zero-order chi connectivity index (χ0) is 65.3. The standard InChI is InChI=1S/C45H39N11O15S5.C10H8S.C2H6/c1-4-29-33(5-2)56-44(50-29)28(21-46)38(24-10-7-6-8-11-24)41(45(56)58)55-52-30-13-12-26-27(43(30)76(68,69)70)19-37(75(65,66)67)40(42(26)57)54-53-32-16-23(3)31(20-34(32)71-14-9-15-73(59,60)61)51-49-22-72-35-17-25(47)18-36(39(35)48)74(62,63)64;11-10-6-5-8-3-1-2-4-9(8)7-10;1-2/h4-8,10-13,16-20,57-58H,1-2,9,14-15,22,47-48H2,3H3,(H,59,60,61)(H,62,63,64)(H,65,66,67)(H,68,69,70);1-7,11H;1-2H3. The van der Waals surface area contributed by atoms with Gasteiger partial charge in [0.2, 0.25) is 5.88 Å². The molecule has 0 spiro atoms. The number of aryl methyl sites for hydroxylation is 1. The molecule has 26 nitrogen and oxygen atoms in total. The minimum atomic E-state index is -5.49. The number of nitrogens with zero attached hydrogens (tertiary/aromatic N) is 9. The van der Waals surface area contributed by atoms with Crippen molar-refractivity contribution in [2.24, 2.45) is 30.7 Å². The van der Waals surface area contributed by atoms with Crippen LogP contribution in [0.1, 0.15) is 42.8 Å². The lowest BCUT2D eigenvalue weighted by molar-refractivity contribution is 0.317. The lowest BCUT2D eigenvalue weighted by Crippen LogP contribution is -2.08. The van der Waals surface area contributed by atoms with E-state index in [4.69, 9.17) is 16.2 Å². The normalized spacial score (nSPS) is 12.1. The number of anilines is 2. The van der Waals surface area contributed by atoms with Crippen LogP contribution in [-0.2, 0) is 40.5 Å². The fraction of sp³-hybridized carbons (Fsp3) is 0.123. The Morgan fingerprint density at radius 1 is 0.719 bits per heavy atom. The molecule has 0 saturated carbocycles. The highest BCUT2D eigenvalue weighted by Crippen LogP contribution is 2.48. The van der Waals surface area contributed by atoms with E-state index in [1.54, 1.807) is 30.3 Å². The summed E-state index contributed by atoms with van der Waals surface area (Å²) in [6, 6.07) is 31.9. The fourth-order valence-electron chi connectivity index (χ4n) is 8.67. The van der Waals surface area contributed by atoms with E-state index < -0.39 is 100 Å². The van der Waals surface area contributed by atoms with Crippen LogP contribution < -0.4 is 16.2 Å². The third-order valence-electron chi connectivity index (χ3n) is 12.5. The molecule has 0 unspecified atom stereocenters. The third kappa shape index (κ3) is 15.6. The van der Waals surface area contributed by atoms with Gasteiger partial charge in [0.1, 0.15) is 55.0 Å². The average molecular weight is 1320 g/mol. The SMILES string of the molecule is C=Cc1nc2c(C#N)c(-c3ccccc3)c(N=Nc3ccc4c(O)c(N=Nc5cc(C)c(N=NCSc6cc(N)cc(S(=O)(=O)O)c6N)cc5OCCCS(=O)(=O)O)c(S(=O)(=O)O)cc4c3S(=O)(=O)O)c(O)n2c1C=C.CC.Sc1ccc2ccccc2c1. The van der Waals surface area contributed by atoms with Gasteiger partial charge >= 0.3 is 0 Å². The number of rotatable bonds is 19. The first-order valence-electron chi connectivity index (χ1n) is 25.7. The summed E-state index contributed by atoms with van der Waals surface area (Å²) in [7, 11) is -20.1. The van der Waals surface area contributed by atoms with Gasteiger partial charge in [0.15, 0.2) is 17.1 Å². The first kappa shape index (κ1) is 67.4. The van der Waals surface area contributed by atoms with E-state index in [0.717, 1.165) is 39.3 Å². The molecule has 89 heavy (non-hydrogen) atoms. The summed E-state index contributed by atoms with van der Waals surface area (Å²) in [5, 5.41) is 59.5. The third-order valence-corrected chi connectivity index (χ3v) is 17.2. The van der Waals surface area contributed by atoms with Crippen molar-refractivity contribution in [3.63, 3.8) is 0 Å². The Kier molecular flexibility index (Phi) is 21.1. The van der Waals surface area contributed by atoms with Crippen LogP contribution in [-0.4, -0.2) is 89.7 Å². The molecule has 0 fully saturated rings. The Morgan fingerprint density at radius 2 is 1.37 bits per heavy atom. The monoisotopic (exact) mass is 1320 g/mol. The quantitative estimate of drug-likeness (QED) is 0.00906. The summed E-state index contributed by atoms with van der Waals surface area (Å²) in [6.45, 7) is 12.6. The van der Waals surface area contributed by atoms with Crippen LogP contribution in [0.3, 0.4) is 0 Å². The number of hydrogen-bond donors (Lipinski definition) is 9. The fourth-order valence-corrected chi connectivity index (χ4v) is 12.3. The van der Waals surface area contributed by atoms with Gasteiger partial charge in [0, 0.05) is 37.9 Å². The van der Waals surface area contributed by atoms with Gasteiger partial charge in [-0.25, -0.2) is 4.98 Å². The first-order valence-corrected chi connectivity index (χ1v) is 33.1. The Hall–Kier alpha value is -9.14. The molecule has 32 heteroatoms. The number of azo groups is 3. The molecular weight excluding hydrogens is 1270 g/mol. The number of imidazole rings is 1. The number of hydrogen-bond acceptors (Lipinski definition) is 23. The average Bonchev–Trinajstić information content (AvgIpc) is 1.84. The number of nitrogen functional groups attached to an aromatic ring is 2. The second kappa shape index (κ2) is 27.9. The van der Waals surface area contributed by atoms with Crippen LogP contribution in [0.5, 0.6) is 17.4 Å². The highest BCUT2D eigenvalue weighted by atomic mass is 32.2. The van der Waals surface area contributed by atoms with Crippen molar-refractivity contribution in [3.05, 3.63) is 151 Å². The van der Waals surface area contributed by atoms with Gasteiger partial charge < -0.3 is 26.4 Å². The van der Waals surface area contributed by atoms with E-state index in [1.165, 1.54) is 48.0 Å². The van der Waals surface area contributed by atoms with Crippen LogP contribution in [0.4, 0.5) is 39.8 Å². The van der Waals surface area contributed by atoms with Gasteiger partial charge in [0.05, 0.1) is 35.1 Å². The number of benzene rings is 7. The maximum Gasteiger partial charge on any atom is 0.297 e. The zero-order valence-electron chi connectivity index (χ0n) is 46.9. The molecule has 0 aliphatic rings. The summed E-state index contributed by atoms with van der Waals surface area (Å²) in [5.74, 6) is -2.88. The Labute approximate surface area is 519 Å². The van der Waals surface area contributed by atoms with Crippen LogP contribution in [0.25, 0.3) is 50.5 Å². The predicted octanol–water partition coefficient (Wildman–Crippen LogP) is 13.4. The lowest BCUT2D eigenvalue weighted by atomic mass is 9.99. The van der Waals surface area contributed by atoms with Crippen LogP contribution >= 0.6 is 24.4 Å². The number of aromatic hydroxyl groups is 2. The minimum absolute atomic E-state index is 0.0131. The van der Waals surface area contributed by atoms with Crippen molar-refractivity contribution in [1.29, 1.82) is 5.26 Å². The van der Waals surface area contributed by atoms with Gasteiger partial charge in [-0.3, -0.25) is 22.6 Å². The Morgan fingerprint density at radius 3 is 2.00 bits per heavy atom. The molecule has 9 aromatic rings. The number of pyridine rings is 1. The topological polar surface area (TPSA) is 434 Å². The van der Waals surface area contributed by atoms with E-state index in [1.807, 2.05) is 32.0 Å². The summed E-state index contributed by atoms with van der Waals surface area (Å²) < 4.78 is 146. The van der Waals surface area contributed by atoms with E-state index >= 15 is 0 Å². The highest BCUT2D eigenvalue weighted by Gasteiger charge is 2.30. The smallest absolute Gasteiger partial charge is 0.297 e. The summed E-state index contributed by atoms with van der Waals surface area (Å²) in [4.78, 5) is 2.57. The molecular formula is C57H53N11O15S6. The summed E-state index contributed by atoms with van der Waals surface area (Å²) in [5.41, 5.74) is 10.1. The molecule has 0 amide bonds. The zero-order valence-corrected chi connectivity index (χ0v) is 51.9. The number of thioether (sulfide) groups is 1. The molecule has 0 aliphatic heterocycles. The number of fused-ring (bicyclic) bond motifs is 3. The van der Waals surface area contributed by atoms with Gasteiger partial charge in [0.25, 0.3) is 40.5 Å². The lowest BCUT2D eigenvalue weighted by Gasteiger charge is -2.14. The largest absolute Gasteiger partial charge is 0.505 e. The highest BCUT2D eigenvalue weighted by molar-refractivity contribution is 7.99. The number of thiol groups is 1. The number of aromatic nitrogens is 2. The maximum absolute atomic E-state index is 13.3. The van der Waals surface area contributed by atoms with E-state index in [2.05, 4.69) is 91.8 Å². The van der Waals surface area contributed by atoms with E-state index in [0.29, 0.717) is 17.2 Å². The second-order valence-corrected chi connectivity index (χ2v) is 25.5. The van der Waals surface area contributed by atoms with Gasteiger partial charge in [-0.05, 0) is 95.9 Å². The molecule has 2 heterocycles. The number of ether oxygens (including phenoxy) is 1. The van der Waals surface area contributed by atoms with Gasteiger partial charge in [-0.15, -0.1) is 33.1 Å². The van der Waals surface area contributed by atoms with Crippen molar-refractivity contribution < 1.29 is 66.8 Å². The Bertz CT molecular complexity index is 4900. The van der Waals surface area contributed by atoms with Crippen molar-refractivity contribution in [3.8, 4) is 34.6 Å². The number of phenols is 1. The summed E-state index contributed by atoms with van der Waals surface area (Å²) >= 11 is 5.16. The molecule has 0 radical (unpaired) electrons. The van der Waals surface area contributed by atoms with Gasteiger partial charge in [-0.1, -0.05) is 99.4 Å².